The third-order valence-electron chi connectivity index (χ3n) is 9.71. The number of para-hydroxylation sites is 2. The third-order valence-corrected chi connectivity index (χ3v) is 9.71. The van der Waals surface area contributed by atoms with Gasteiger partial charge in [0.15, 0.2) is 0 Å². The molecule has 4 aromatic rings. The smallest absolute Gasteiger partial charge is 0.136 e. The van der Waals surface area contributed by atoms with Crippen molar-refractivity contribution in [2.24, 2.45) is 0 Å². The topological polar surface area (TPSA) is 32.3 Å². The van der Waals surface area contributed by atoms with Crippen LogP contribution < -0.4 is 9.80 Å². The molecule has 0 atom stereocenters. The summed E-state index contributed by atoms with van der Waals surface area (Å²) in [5.41, 5.74) is 11.5. The van der Waals surface area contributed by atoms with E-state index in [2.05, 4.69) is 160 Å². The fourth-order valence-corrected chi connectivity index (χ4v) is 6.94. The molecule has 2 aliphatic rings. The molecule has 1 aliphatic carbocycles. The lowest BCUT2D eigenvalue weighted by Gasteiger charge is -2.29. The Kier molecular flexibility index (Phi) is 8.39. The largest absolute Gasteiger partial charge is 0.332 e. The summed E-state index contributed by atoms with van der Waals surface area (Å²) in [4.78, 5) is 13.9. The second-order valence-corrected chi connectivity index (χ2v) is 13.3. The quantitative estimate of drug-likeness (QED) is 0.187. The number of nitrogens with zero attached hydrogens (tertiary/aromatic N) is 4. The fourth-order valence-electron chi connectivity index (χ4n) is 6.94. The normalized spacial score (nSPS) is 17.7. The summed E-state index contributed by atoms with van der Waals surface area (Å²) in [5.74, 6) is 1.03. The van der Waals surface area contributed by atoms with Gasteiger partial charge in [-0.2, -0.15) is 0 Å². The van der Waals surface area contributed by atoms with Crippen LogP contribution in [0.15, 0.2) is 156 Å². The zero-order valence-corrected chi connectivity index (χ0v) is 28.0. The van der Waals surface area contributed by atoms with Crippen molar-refractivity contribution in [3.05, 3.63) is 173 Å². The van der Waals surface area contributed by atoms with E-state index < -0.39 is 0 Å². The first kappa shape index (κ1) is 31.0. The molecule has 0 bridgehead atoms. The third kappa shape index (κ3) is 5.64. The maximum absolute atomic E-state index is 4.71. The second-order valence-electron chi connectivity index (χ2n) is 13.3. The second kappa shape index (κ2) is 12.4. The van der Waals surface area contributed by atoms with Gasteiger partial charge in [-0.1, -0.05) is 101 Å². The van der Waals surface area contributed by atoms with Gasteiger partial charge in [0.2, 0.25) is 0 Å². The van der Waals surface area contributed by atoms with Gasteiger partial charge >= 0.3 is 0 Å². The van der Waals surface area contributed by atoms with Crippen molar-refractivity contribution in [2.75, 3.05) is 16.8 Å². The number of likely N-dealkylation sites (N-methyl/N-ethyl adjacent to an activating group) is 1. The average Bonchev–Trinajstić information content (AvgIpc) is 3.54. The lowest BCUT2D eigenvalue weighted by atomic mass is 9.77. The number of benzene rings is 2. The zero-order chi connectivity index (χ0) is 32.5. The van der Waals surface area contributed by atoms with E-state index in [-0.39, 0.29) is 10.8 Å². The van der Waals surface area contributed by atoms with Crippen LogP contribution in [0.25, 0.3) is 0 Å². The summed E-state index contributed by atoms with van der Waals surface area (Å²) in [6, 6.07) is 29.8. The highest BCUT2D eigenvalue weighted by Crippen LogP contribution is 2.47. The maximum Gasteiger partial charge on any atom is 0.136 e. The summed E-state index contributed by atoms with van der Waals surface area (Å²) >= 11 is 0. The minimum absolute atomic E-state index is 0.146. The zero-order valence-electron chi connectivity index (χ0n) is 28.0. The van der Waals surface area contributed by atoms with Gasteiger partial charge in [0, 0.05) is 58.6 Å². The summed E-state index contributed by atoms with van der Waals surface area (Å²) in [5, 5.41) is 0. The molecule has 4 heteroatoms. The van der Waals surface area contributed by atoms with E-state index >= 15 is 0 Å². The monoisotopic (exact) mass is 604 g/mol. The number of hydrogen-bond acceptors (Lipinski definition) is 4. The molecule has 232 valence electrons. The highest BCUT2D eigenvalue weighted by molar-refractivity contribution is 5.74. The number of fused-ring (bicyclic) bond motifs is 1. The number of aryl methyl sites for hydroxylation is 1. The minimum Gasteiger partial charge on any atom is -0.332 e. The highest BCUT2D eigenvalue weighted by atomic mass is 15.2. The molecule has 0 spiro atoms. The van der Waals surface area contributed by atoms with Gasteiger partial charge in [0.1, 0.15) is 5.82 Å². The lowest BCUT2D eigenvalue weighted by Crippen LogP contribution is -2.23. The van der Waals surface area contributed by atoms with E-state index in [0.717, 1.165) is 41.3 Å². The molecule has 3 heterocycles. The van der Waals surface area contributed by atoms with Crippen LogP contribution in [0.4, 0.5) is 17.2 Å². The lowest BCUT2D eigenvalue weighted by molar-refractivity contribution is 0.632. The molecule has 0 unspecified atom stereocenters. The molecule has 0 amide bonds. The molecule has 0 radical (unpaired) electrons. The summed E-state index contributed by atoms with van der Waals surface area (Å²) < 4.78 is 0. The first-order chi connectivity index (χ1) is 22.1. The standard InChI is InChI=1S/C42H44N4/c1-30(41(3,4)36-20-14-28-43-31(36)2)22-23-32-24-25-33(26-27-38-42(5,6)37-21-15-29-44-40(37)45(38)7)39(32)46(34-16-10-8-11-17-34)35-18-12-9-13-19-35/h8-23,26-29H,1,24-25H2,2-7H3/b23-22+,33-26+,38-27+. The van der Waals surface area contributed by atoms with Crippen LogP contribution in [0.3, 0.4) is 0 Å². The van der Waals surface area contributed by atoms with Crippen LogP contribution in [0.2, 0.25) is 0 Å². The molecule has 6 rings (SSSR count). The molecule has 0 saturated heterocycles. The molecular weight excluding hydrogens is 560 g/mol. The van der Waals surface area contributed by atoms with Gasteiger partial charge in [0.25, 0.3) is 0 Å². The first-order valence-corrected chi connectivity index (χ1v) is 16.1. The van der Waals surface area contributed by atoms with E-state index in [1.165, 1.54) is 33.7 Å². The number of hydrogen-bond donors (Lipinski definition) is 0. The minimum atomic E-state index is -0.252. The average molecular weight is 605 g/mol. The Labute approximate surface area is 274 Å². The Balaban J connectivity index is 1.47. The molecule has 4 nitrogen and oxygen atoms in total. The van der Waals surface area contributed by atoms with Crippen LogP contribution >= 0.6 is 0 Å². The molecular formula is C42H44N4. The Morgan fingerprint density at radius 3 is 2.11 bits per heavy atom. The SMILES string of the molecule is C=C(/C=C/C1=C(N(c2ccccc2)c2ccccc2)C(=C/C=C2/N(C)c3ncccc3C2(C)C)/CC1)C(C)(C)c1cccnc1C. The van der Waals surface area contributed by atoms with Crippen LogP contribution in [0.5, 0.6) is 0 Å². The van der Waals surface area contributed by atoms with Crippen molar-refractivity contribution >= 4 is 17.2 Å². The van der Waals surface area contributed by atoms with Crippen LogP contribution in [-0.2, 0) is 10.8 Å². The van der Waals surface area contributed by atoms with E-state index in [4.69, 9.17) is 4.98 Å². The van der Waals surface area contributed by atoms with Gasteiger partial charge in [0.05, 0.1) is 5.70 Å². The summed E-state index contributed by atoms with van der Waals surface area (Å²) in [6.07, 6.45) is 14.8. The molecule has 46 heavy (non-hydrogen) atoms. The van der Waals surface area contributed by atoms with E-state index in [1.807, 2.05) is 24.5 Å². The van der Waals surface area contributed by atoms with Crippen molar-refractivity contribution in [1.29, 1.82) is 0 Å². The number of pyridine rings is 2. The Bertz CT molecular complexity index is 1830. The maximum atomic E-state index is 4.71. The van der Waals surface area contributed by atoms with Crippen molar-refractivity contribution in [3.63, 3.8) is 0 Å². The number of anilines is 3. The van der Waals surface area contributed by atoms with Gasteiger partial charge in [-0.15, -0.1) is 0 Å². The Hall–Kier alpha value is -4.96. The first-order valence-electron chi connectivity index (χ1n) is 16.1. The molecule has 0 N–H and O–H groups in total. The summed E-state index contributed by atoms with van der Waals surface area (Å²) in [6.45, 7) is 15.7. The molecule has 0 saturated carbocycles. The molecule has 1 aliphatic heterocycles. The van der Waals surface area contributed by atoms with E-state index in [0.29, 0.717) is 0 Å². The van der Waals surface area contributed by atoms with Gasteiger partial charge in [-0.05, 0) is 84.5 Å². The van der Waals surface area contributed by atoms with E-state index in [1.54, 1.807) is 0 Å². The Morgan fingerprint density at radius 2 is 1.48 bits per heavy atom. The van der Waals surface area contributed by atoms with Gasteiger partial charge < -0.3 is 9.80 Å². The predicted octanol–water partition coefficient (Wildman–Crippen LogP) is 10.3. The van der Waals surface area contributed by atoms with Crippen molar-refractivity contribution in [1.82, 2.24) is 9.97 Å². The number of rotatable bonds is 8. The summed E-state index contributed by atoms with van der Waals surface area (Å²) in [7, 11) is 2.13. The number of aromatic nitrogens is 2. The highest BCUT2D eigenvalue weighted by Gasteiger charge is 2.39. The van der Waals surface area contributed by atoms with Gasteiger partial charge in [-0.3, -0.25) is 4.98 Å². The van der Waals surface area contributed by atoms with Crippen molar-refractivity contribution < 1.29 is 0 Å². The van der Waals surface area contributed by atoms with E-state index in [9.17, 15) is 0 Å². The van der Waals surface area contributed by atoms with Crippen LogP contribution in [0, 0.1) is 6.92 Å². The molecule has 2 aromatic carbocycles. The number of allylic oxidation sites excluding steroid dienone is 8. The molecule has 0 fully saturated rings. The predicted molar refractivity (Wildman–Crippen MR) is 193 cm³/mol. The van der Waals surface area contributed by atoms with Crippen LogP contribution in [0.1, 0.15) is 57.4 Å². The van der Waals surface area contributed by atoms with Crippen molar-refractivity contribution in [2.45, 2.75) is 58.3 Å². The van der Waals surface area contributed by atoms with Crippen molar-refractivity contribution in [3.8, 4) is 0 Å². The molecule has 2 aromatic heterocycles. The Morgan fingerprint density at radius 1 is 0.848 bits per heavy atom. The van der Waals surface area contributed by atoms with Gasteiger partial charge in [-0.25, -0.2) is 4.98 Å². The van der Waals surface area contributed by atoms with Crippen LogP contribution in [-0.4, -0.2) is 17.0 Å². The fraction of sp³-hybridized carbons (Fsp3) is 0.238.